The molecule has 0 aromatic heterocycles. The second kappa shape index (κ2) is 17.4. The van der Waals surface area contributed by atoms with E-state index in [9.17, 15) is 0 Å². The first-order chi connectivity index (χ1) is 8.88. The number of hydrogen-bond acceptors (Lipinski definition) is 0. The Morgan fingerprint density at radius 2 is 1.36 bits per heavy atom. The molecule has 0 fully saturated rings. The van der Waals surface area contributed by atoms with Crippen LogP contribution in [-0.2, 0) is 17.0 Å². The van der Waals surface area contributed by atoms with Gasteiger partial charge in [-0.3, -0.25) is 0 Å². The van der Waals surface area contributed by atoms with Crippen LogP contribution >= 0.6 is 18.6 Å². The van der Waals surface area contributed by atoms with E-state index < -0.39 is 17.0 Å². The Balaban J connectivity index is -0.000000129. The zero-order chi connectivity index (χ0) is 14.7. The molecule has 1 radical (unpaired) electrons. The molecule has 0 aliphatic heterocycles. The molecule has 0 atom stereocenters. The van der Waals surface area contributed by atoms with Crippen molar-refractivity contribution in [1.29, 1.82) is 0 Å². The number of rotatable bonds is 1. The Labute approximate surface area is 158 Å². The quantitative estimate of drug-likeness (QED) is 0.419. The monoisotopic (exact) mass is 392 g/mol. The summed E-state index contributed by atoms with van der Waals surface area (Å²) in [6.07, 6.45) is 0. The maximum Gasteiger partial charge on any atom is -0.0125 e. The summed E-state index contributed by atoms with van der Waals surface area (Å²) < 4.78 is 0. The van der Waals surface area contributed by atoms with Crippen LogP contribution in [0.15, 0.2) is 54.6 Å². The van der Waals surface area contributed by atoms with E-state index in [2.05, 4.69) is 48.5 Å². The van der Waals surface area contributed by atoms with Crippen LogP contribution < -0.4 is 0 Å². The van der Waals surface area contributed by atoms with Crippen molar-refractivity contribution in [2.75, 3.05) is 0 Å². The molecule has 0 amide bonds. The van der Waals surface area contributed by atoms with E-state index in [0.717, 1.165) is 0 Å². The van der Waals surface area contributed by atoms with Crippen LogP contribution in [0.2, 0.25) is 0 Å². The minimum atomic E-state index is -0.556. The second-order valence-corrected chi connectivity index (χ2v) is 7.44. The molecule has 2 rings (SSSR count). The van der Waals surface area contributed by atoms with Gasteiger partial charge in [-0.2, -0.15) is 23.8 Å². The summed E-state index contributed by atoms with van der Waals surface area (Å²) in [6, 6.07) is 18.7. The molecule has 1 N–H and O–H groups in total. The Bertz CT molecular complexity index is 408. The van der Waals surface area contributed by atoms with E-state index in [-0.39, 0.29) is 31.4 Å². The van der Waals surface area contributed by atoms with Gasteiger partial charge in [-0.1, -0.05) is 56.7 Å². The van der Waals surface area contributed by atoms with Gasteiger partial charge in [0.1, 0.15) is 0 Å². The number of benzene rings is 1. The van der Waals surface area contributed by atoms with Gasteiger partial charge in [-0.05, 0) is 11.0 Å². The minimum absolute atomic E-state index is 0. The average molecular weight is 393 g/mol. The molecular formula is C17H28Cl2NSiTi. The van der Waals surface area contributed by atoms with Crippen molar-refractivity contribution in [1.82, 2.24) is 0 Å². The Hall–Kier alpha value is 0.0412. The van der Waals surface area contributed by atoms with Gasteiger partial charge in [-0.15, -0.1) is 5.54 Å². The fraction of sp³-hybridized carbons (Fsp3) is 0.235. The minimum Gasteiger partial charge on any atom is -0.206 e. The standard InChI is InChI=1S/C11H9.C4H10N.2CH3.2ClH.H3Si.Ti/c1-2-6-10(7-3-1)11-8-4-5-9-11;1-4(2,3)5;;;;;;/h1-9H;5H,1-3H3;2*1H3;2*1H;1H3;/q4*-1;;;;+6/p-2. The number of hydrogen-bond donors (Lipinski definition) is 0. The molecule has 0 heterocycles. The van der Waals surface area contributed by atoms with Crippen LogP contribution in [0.3, 0.4) is 0 Å². The summed E-state index contributed by atoms with van der Waals surface area (Å²) in [7, 11) is 9.78. The first kappa shape index (κ1) is 30.0. The van der Waals surface area contributed by atoms with Crippen molar-refractivity contribution >= 4 is 29.6 Å². The zero-order valence-corrected chi connectivity index (χ0v) is 19.5. The molecule has 0 unspecified atom stereocenters. The van der Waals surface area contributed by atoms with E-state index in [4.69, 9.17) is 24.3 Å². The summed E-state index contributed by atoms with van der Waals surface area (Å²) in [5.41, 5.74) is 9.27. The zero-order valence-electron chi connectivity index (χ0n) is 14.5. The van der Waals surface area contributed by atoms with E-state index in [0.29, 0.717) is 0 Å². The first-order valence-electron chi connectivity index (χ1n) is 5.87. The largest absolute Gasteiger partial charge is 0.206 e. The predicted molar refractivity (Wildman–Crippen MR) is 106 cm³/mol. The fourth-order valence-electron chi connectivity index (χ4n) is 1.20. The third kappa shape index (κ3) is 20.0. The maximum absolute atomic E-state index is 6.94. The van der Waals surface area contributed by atoms with Gasteiger partial charge < -0.3 is 20.6 Å². The van der Waals surface area contributed by atoms with Crippen LogP contribution in [-0.4, -0.2) is 16.5 Å². The summed E-state index contributed by atoms with van der Waals surface area (Å²) in [5.74, 6) is 0. The third-order valence-corrected chi connectivity index (χ3v) is 1.77. The molecular weight excluding hydrogens is 365 g/mol. The predicted octanol–water partition coefficient (Wildman–Crippen LogP) is 6.00. The van der Waals surface area contributed by atoms with Crippen molar-refractivity contribution in [2.45, 2.75) is 26.3 Å². The topological polar surface area (TPSA) is 23.8 Å². The second-order valence-electron chi connectivity index (χ2n) is 4.86. The normalized spacial score (nSPS) is 8.64. The Morgan fingerprint density at radius 3 is 1.68 bits per heavy atom. The smallest absolute Gasteiger partial charge is 0.0125 e. The molecule has 2 aromatic carbocycles. The summed E-state index contributed by atoms with van der Waals surface area (Å²) in [4.78, 5) is 0. The van der Waals surface area contributed by atoms with Gasteiger partial charge in [0, 0.05) is 0 Å². The average Bonchev–Trinajstić information content (AvgIpc) is 2.82. The Kier molecular flexibility index (Phi) is 23.7. The van der Waals surface area contributed by atoms with Crippen molar-refractivity contribution in [3.8, 4) is 11.1 Å². The van der Waals surface area contributed by atoms with Crippen molar-refractivity contribution in [3.05, 3.63) is 75.2 Å². The van der Waals surface area contributed by atoms with E-state index in [1.165, 1.54) is 11.1 Å². The van der Waals surface area contributed by atoms with Gasteiger partial charge in [-0.25, -0.2) is 6.07 Å². The van der Waals surface area contributed by atoms with Gasteiger partial charge in [0.2, 0.25) is 0 Å². The van der Waals surface area contributed by atoms with E-state index in [1.807, 2.05) is 26.8 Å². The fourth-order valence-corrected chi connectivity index (χ4v) is 1.20. The van der Waals surface area contributed by atoms with E-state index >= 15 is 0 Å². The van der Waals surface area contributed by atoms with Crippen LogP contribution in [0.5, 0.6) is 0 Å². The van der Waals surface area contributed by atoms with Crippen LogP contribution in [0.4, 0.5) is 0 Å². The van der Waals surface area contributed by atoms with Crippen LogP contribution in [0, 0.1) is 14.9 Å². The van der Waals surface area contributed by atoms with Gasteiger partial charge >= 0.3 is 35.6 Å². The molecule has 0 bridgehead atoms. The van der Waals surface area contributed by atoms with Crippen molar-refractivity contribution in [2.24, 2.45) is 0 Å². The molecule has 2 aromatic rings. The van der Waals surface area contributed by atoms with Gasteiger partial charge in [0.15, 0.2) is 0 Å². The molecule has 5 heteroatoms. The molecule has 1 nitrogen and oxygen atoms in total. The molecule has 0 aliphatic carbocycles. The molecule has 0 spiro atoms. The molecule has 0 saturated carbocycles. The van der Waals surface area contributed by atoms with E-state index in [1.54, 1.807) is 0 Å². The summed E-state index contributed by atoms with van der Waals surface area (Å²) in [5, 5.41) is 0. The van der Waals surface area contributed by atoms with Crippen molar-refractivity contribution in [3.63, 3.8) is 0 Å². The molecule has 123 valence electrons. The maximum atomic E-state index is 6.94. The summed E-state index contributed by atoms with van der Waals surface area (Å²) in [6.45, 7) is 5.56. The molecule has 0 aliphatic rings. The van der Waals surface area contributed by atoms with Crippen LogP contribution in [0.25, 0.3) is 16.9 Å². The third-order valence-electron chi connectivity index (χ3n) is 1.77. The van der Waals surface area contributed by atoms with Gasteiger partial charge in [0.05, 0.1) is 0 Å². The SMILES string of the molecule is CC(C)(C)[NH-].[CH3-].[CH3-].[Cl][Ti+4][Cl].[SiH3].c1ccc(-c2cc[cH-]c2)cc1. The summed E-state index contributed by atoms with van der Waals surface area (Å²) >= 11 is -0.556. The number of halogens is 2. The molecule has 22 heavy (non-hydrogen) atoms. The molecule has 0 saturated heterocycles. The first-order valence-corrected chi connectivity index (χ1v) is 10.2. The van der Waals surface area contributed by atoms with Crippen LogP contribution in [0.1, 0.15) is 20.8 Å². The van der Waals surface area contributed by atoms with Crippen molar-refractivity contribution < 1.29 is 17.0 Å². The van der Waals surface area contributed by atoms with Gasteiger partial charge in [0.25, 0.3) is 0 Å². The number of nitrogens with one attached hydrogen (secondary N) is 1. The Morgan fingerprint density at radius 1 is 0.955 bits per heavy atom.